The van der Waals surface area contributed by atoms with E-state index in [1.807, 2.05) is 71.1 Å². The number of carbonyl (C=O) groups excluding carboxylic acids is 2. The number of amides is 2. The lowest BCUT2D eigenvalue weighted by atomic mass is 10.0. The minimum absolute atomic E-state index is 0.0211. The maximum absolute atomic E-state index is 12.3. The first-order valence-electron chi connectivity index (χ1n) is 11.4. The second-order valence-electron chi connectivity index (χ2n) is 6.59. The molecule has 0 aliphatic rings. The van der Waals surface area contributed by atoms with Crippen molar-refractivity contribution < 1.29 is 9.59 Å². The minimum Gasteiger partial charge on any atom is -0.352 e. The van der Waals surface area contributed by atoms with Gasteiger partial charge in [0.2, 0.25) is 5.91 Å². The van der Waals surface area contributed by atoms with Crippen molar-refractivity contribution >= 4 is 17.5 Å². The number of carbonyl (C=O) groups is 2. The van der Waals surface area contributed by atoms with Crippen LogP contribution in [0.1, 0.15) is 69.9 Å². The molecule has 0 spiro atoms. The summed E-state index contributed by atoms with van der Waals surface area (Å²) in [6, 6.07) is 11.4. The van der Waals surface area contributed by atoms with Gasteiger partial charge in [0.05, 0.1) is 0 Å². The Morgan fingerprint density at radius 1 is 1.03 bits per heavy atom. The molecule has 1 heterocycles. The molecule has 2 aromatic rings. The van der Waals surface area contributed by atoms with Crippen LogP contribution in [0, 0.1) is 0 Å². The molecule has 2 amide bonds. The molecule has 2 rings (SSSR count). The highest BCUT2D eigenvalue weighted by Crippen LogP contribution is 2.29. The SMILES string of the molecule is CC.CC.CNN(C)C(C)c1ccccc1N(CCCNC(=O)c1ccncc1)C(C)=O. The smallest absolute Gasteiger partial charge is 0.251 e. The Balaban J connectivity index is 0.00000227. The maximum atomic E-state index is 12.3. The van der Waals surface area contributed by atoms with E-state index >= 15 is 0 Å². The van der Waals surface area contributed by atoms with Gasteiger partial charge in [-0.25, -0.2) is 5.01 Å². The minimum atomic E-state index is -0.138. The molecule has 178 valence electrons. The van der Waals surface area contributed by atoms with Crippen LogP contribution in [0.25, 0.3) is 0 Å². The van der Waals surface area contributed by atoms with E-state index in [0.29, 0.717) is 25.1 Å². The van der Waals surface area contributed by atoms with Crippen LogP contribution < -0.4 is 15.6 Å². The van der Waals surface area contributed by atoms with E-state index in [-0.39, 0.29) is 17.9 Å². The van der Waals surface area contributed by atoms with E-state index in [4.69, 9.17) is 0 Å². The Kier molecular flexibility index (Phi) is 15.4. The predicted octanol–water partition coefficient (Wildman–Crippen LogP) is 4.43. The number of aromatic nitrogens is 1. The summed E-state index contributed by atoms with van der Waals surface area (Å²) in [6.07, 6.45) is 3.83. The van der Waals surface area contributed by atoms with E-state index in [1.165, 1.54) is 0 Å². The van der Waals surface area contributed by atoms with Crippen LogP contribution in [0.5, 0.6) is 0 Å². The monoisotopic (exact) mass is 443 g/mol. The number of hydrogen-bond donors (Lipinski definition) is 2. The summed E-state index contributed by atoms with van der Waals surface area (Å²) in [5, 5.41) is 4.88. The summed E-state index contributed by atoms with van der Waals surface area (Å²) in [5.74, 6) is -0.159. The second kappa shape index (κ2) is 16.9. The van der Waals surface area contributed by atoms with Crippen molar-refractivity contribution in [2.75, 3.05) is 32.1 Å². The van der Waals surface area contributed by atoms with Gasteiger partial charge in [0.25, 0.3) is 5.91 Å². The highest BCUT2D eigenvalue weighted by atomic mass is 16.2. The van der Waals surface area contributed by atoms with Crippen LogP contribution >= 0.6 is 0 Å². The Labute approximate surface area is 194 Å². The average molecular weight is 444 g/mol. The van der Waals surface area contributed by atoms with E-state index in [1.54, 1.807) is 36.4 Å². The summed E-state index contributed by atoms with van der Waals surface area (Å²) in [6.45, 7) is 12.7. The van der Waals surface area contributed by atoms with Crippen LogP contribution in [-0.2, 0) is 4.79 Å². The van der Waals surface area contributed by atoms with Crippen molar-refractivity contribution in [3.63, 3.8) is 0 Å². The Morgan fingerprint density at radius 2 is 1.62 bits per heavy atom. The highest BCUT2D eigenvalue weighted by molar-refractivity contribution is 5.94. The summed E-state index contributed by atoms with van der Waals surface area (Å²) < 4.78 is 0. The number of hydrogen-bond acceptors (Lipinski definition) is 5. The summed E-state index contributed by atoms with van der Waals surface area (Å²) in [4.78, 5) is 30.1. The van der Waals surface area contributed by atoms with Crippen molar-refractivity contribution in [2.45, 2.75) is 54.0 Å². The van der Waals surface area contributed by atoms with Gasteiger partial charge in [-0.15, -0.1) is 0 Å². The molecule has 32 heavy (non-hydrogen) atoms. The molecular formula is C25H41N5O2. The van der Waals surface area contributed by atoms with Crippen LogP contribution in [0.3, 0.4) is 0 Å². The Hall–Kier alpha value is -2.77. The molecule has 0 bridgehead atoms. The number of rotatable bonds is 9. The molecule has 1 unspecified atom stereocenters. The molecular weight excluding hydrogens is 402 g/mol. The standard InChI is InChI=1S/C21H29N5O2.2C2H6/c1-16(25(4)22-3)19-8-5-6-9-20(19)26(17(2)27)15-7-12-24-21(28)18-10-13-23-14-11-18;2*1-2/h5-6,8-11,13-14,16,22H,7,12,15H2,1-4H3,(H,24,28);2*1-2H3. The molecule has 1 aromatic carbocycles. The number of nitrogens with zero attached hydrogens (tertiary/aromatic N) is 3. The Bertz CT molecular complexity index is 783. The molecule has 0 aliphatic carbocycles. The number of hydrazine groups is 1. The second-order valence-corrected chi connectivity index (χ2v) is 6.59. The van der Waals surface area contributed by atoms with Gasteiger partial charge in [0.15, 0.2) is 0 Å². The van der Waals surface area contributed by atoms with Gasteiger partial charge in [-0.1, -0.05) is 45.9 Å². The number of pyridine rings is 1. The molecule has 2 N–H and O–H groups in total. The predicted molar refractivity (Wildman–Crippen MR) is 134 cm³/mol. The van der Waals surface area contributed by atoms with Gasteiger partial charge >= 0.3 is 0 Å². The molecule has 0 saturated carbocycles. The number of benzene rings is 1. The fourth-order valence-corrected chi connectivity index (χ4v) is 2.98. The van der Waals surface area contributed by atoms with Gasteiger partial charge in [-0.3, -0.25) is 20.0 Å². The first kappa shape index (κ1) is 29.2. The van der Waals surface area contributed by atoms with Crippen LogP contribution in [0.4, 0.5) is 5.69 Å². The molecule has 1 atom stereocenters. The third-order valence-electron chi connectivity index (χ3n) is 4.78. The van der Waals surface area contributed by atoms with Crippen molar-refractivity contribution in [1.29, 1.82) is 0 Å². The normalized spacial score (nSPS) is 10.8. The van der Waals surface area contributed by atoms with Crippen LogP contribution in [-0.4, -0.2) is 49.0 Å². The van der Waals surface area contributed by atoms with Crippen molar-refractivity contribution in [3.8, 4) is 0 Å². The zero-order chi connectivity index (χ0) is 24.5. The van der Waals surface area contributed by atoms with Gasteiger partial charge < -0.3 is 10.2 Å². The van der Waals surface area contributed by atoms with Crippen molar-refractivity contribution in [2.24, 2.45) is 0 Å². The Morgan fingerprint density at radius 3 is 2.19 bits per heavy atom. The maximum Gasteiger partial charge on any atom is 0.251 e. The third kappa shape index (κ3) is 9.16. The topological polar surface area (TPSA) is 77.6 Å². The van der Waals surface area contributed by atoms with Gasteiger partial charge in [0.1, 0.15) is 0 Å². The van der Waals surface area contributed by atoms with Crippen molar-refractivity contribution in [3.05, 3.63) is 59.9 Å². The summed E-state index contributed by atoms with van der Waals surface area (Å²) >= 11 is 0. The van der Waals surface area contributed by atoms with Crippen LogP contribution in [0.2, 0.25) is 0 Å². The number of nitrogens with one attached hydrogen (secondary N) is 2. The molecule has 0 fully saturated rings. The van der Waals surface area contributed by atoms with E-state index in [9.17, 15) is 9.59 Å². The fourth-order valence-electron chi connectivity index (χ4n) is 2.98. The number of para-hydroxylation sites is 1. The van der Waals surface area contributed by atoms with Gasteiger partial charge in [0, 0.05) is 56.7 Å². The lowest BCUT2D eigenvalue weighted by Crippen LogP contribution is -2.36. The molecule has 7 nitrogen and oxygen atoms in total. The van der Waals surface area contributed by atoms with E-state index < -0.39 is 0 Å². The summed E-state index contributed by atoms with van der Waals surface area (Å²) in [5.41, 5.74) is 5.65. The molecule has 0 aliphatic heterocycles. The third-order valence-corrected chi connectivity index (χ3v) is 4.78. The molecule has 0 saturated heterocycles. The fraction of sp³-hybridized carbons (Fsp3) is 0.480. The summed E-state index contributed by atoms with van der Waals surface area (Å²) in [7, 11) is 3.83. The lowest BCUT2D eigenvalue weighted by molar-refractivity contribution is -0.116. The molecule has 0 radical (unpaired) electrons. The molecule has 1 aromatic heterocycles. The largest absolute Gasteiger partial charge is 0.352 e. The van der Waals surface area contributed by atoms with Crippen molar-refractivity contribution in [1.82, 2.24) is 20.7 Å². The zero-order valence-corrected chi connectivity index (χ0v) is 21.0. The number of anilines is 1. The van der Waals surface area contributed by atoms with Crippen LogP contribution in [0.15, 0.2) is 48.8 Å². The average Bonchev–Trinajstić information content (AvgIpc) is 2.85. The highest BCUT2D eigenvalue weighted by Gasteiger charge is 2.20. The quantitative estimate of drug-likeness (QED) is 0.443. The van der Waals surface area contributed by atoms with Gasteiger partial charge in [-0.05, 0) is 44.2 Å². The lowest BCUT2D eigenvalue weighted by Gasteiger charge is -2.30. The first-order chi connectivity index (χ1) is 15.5. The molecule has 7 heteroatoms. The zero-order valence-electron chi connectivity index (χ0n) is 21.0. The van der Waals surface area contributed by atoms with E-state index in [0.717, 1.165) is 11.3 Å². The van der Waals surface area contributed by atoms with E-state index in [2.05, 4.69) is 22.7 Å². The first-order valence-corrected chi connectivity index (χ1v) is 11.4. The van der Waals surface area contributed by atoms with Gasteiger partial charge in [-0.2, -0.15) is 0 Å².